The molecule has 0 saturated carbocycles. The molecule has 1 atom stereocenters. The summed E-state index contributed by atoms with van der Waals surface area (Å²) in [5.74, 6) is 5.62. The summed E-state index contributed by atoms with van der Waals surface area (Å²) in [6.07, 6.45) is -3.25. The van der Waals surface area contributed by atoms with Crippen LogP contribution in [0, 0.1) is 11.8 Å². The molecule has 0 heterocycles. The van der Waals surface area contributed by atoms with E-state index in [-0.39, 0.29) is 11.6 Å². The molecule has 0 fully saturated rings. The third-order valence-electron chi connectivity index (χ3n) is 2.78. The Morgan fingerprint density at radius 2 is 2.05 bits per heavy atom. The van der Waals surface area contributed by atoms with Gasteiger partial charge < -0.3 is 5.32 Å². The van der Waals surface area contributed by atoms with Crippen molar-refractivity contribution in [1.82, 2.24) is 5.32 Å². The van der Waals surface area contributed by atoms with E-state index in [4.69, 9.17) is 0 Å². The number of benzene rings is 1. The smallest absolute Gasteiger partial charge is 0.313 e. The van der Waals surface area contributed by atoms with Crippen LogP contribution in [0.3, 0.4) is 0 Å². The Morgan fingerprint density at radius 3 is 2.58 bits per heavy atom. The first-order valence-corrected chi connectivity index (χ1v) is 6.63. The monoisotopic (exact) mass is 333 g/mol. The molecule has 0 aliphatic rings. The van der Waals surface area contributed by atoms with Crippen LogP contribution < -0.4 is 5.32 Å². The maximum atomic E-state index is 13.0. The summed E-state index contributed by atoms with van der Waals surface area (Å²) in [6.45, 7) is 1.72. The van der Waals surface area contributed by atoms with E-state index < -0.39 is 11.7 Å². The van der Waals surface area contributed by atoms with Crippen LogP contribution in [-0.2, 0) is 6.18 Å². The van der Waals surface area contributed by atoms with Gasteiger partial charge in [0, 0.05) is 16.9 Å². The van der Waals surface area contributed by atoms with Gasteiger partial charge in [-0.25, -0.2) is 0 Å². The van der Waals surface area contributed by atoms with Crippen LogP contribution in [0.5, 0.6) is 0 Å². The van der Waals surface area contributed by atoms with E-state index in [0.717, 1.165) is 6.07 Å². The van der Waals surface area contributed by atoms with Crippen molar-refractivity contribution in [3.63, 3.8) is 0 Å². The fraction of sp³-hybridized carbons (Fsp3) is 0.429. The van der Waals surface area contributed by atoms with Gasteiger partial charge in [-0.05, 0) is 38.1 Å². The minimum absolute atomic E-state index is 0.260. The minimum Gasteiger partial charge on any atom is -0.313 e. The van der Waals surface area contributed by atoms with Gasteiger partial charge in [-0.2, -0.15) is 13.2 Å². The molecule has 0 saturated heterocycles. The van der Waals surface area contributed by atoms with Crippen LogP contribution in [-0.4, -0.2) is 7.05 Å². The van der Waals surface area contributed by atoms with E-state index in [1.54, 1.807) is 20.0 Å². The van der Waals surface area contributed by atoms with Gasteiger partial charge >= 0.3 is 6.18 Å². The van der Waals surface area contributed by atoms with Gasteiger partial charge in [0.25, 0.3) is 0 Å². The summed E-state index contributed by atoms with van der Waals surface area (Å²) in [6, 6.07) is 3.89. The molecule has 0 radical (unpaired) electrons. The maximum absolute atomic E-state index is 13.0. The summed E-state index contributed by atoms with van der Waals surface area (Å²) in [5, 5.41) is 2.93. The molecule has 1 nitrogen and oxygen atoms in total. The van der Waals surface area contributed by atoms with Crippen molar-refractivity contribution < 1.29 is 13.2 Å². The highest BCUT2D eigenvalue weighted by Gasteiger charge is 2.35. The topological polar surface area (TPSA) is 12.0 Å². The highest BCUT2D eigenvalue weighted by molar-refractivity contribution is 9.10. The van der Waals surface area contributed by atoms with Gasteiger partial charge in [-0.1, -0.05) is 22.0 Å². The predicted molar refractivity (Wildman–Crippen MR) is 73.6 cm³/mol. The molecule has 1 N–H and O–H groups in total. The van der Waals surface area contributed by atoms with Crippen molar-refractivity contribution in [3.05, 3.63) is 33.8 Å². The lowest BCUT2D eigenvalue weighted by Crippen LogP contribution is -2.21. The Labute approximate surface area is 119 Å². The lowest BCUT2D eigenvalue weighted by atomic mass is 9.96. The van der Waals surface area contributed by atoms with Crippen molar-refractivity contribution in [3.8, 4) is 11.8 Å². The summed E-state index contributed by atoms with van der Waals surface area (Å²) >= 11 is 3.08. The van der Waals surface area contributed by atoms with Crippen molar-refractivity contribution in [2.75, 3.05) is 7.05 Å². The van der Waals surface area contributed by atoms with Gasteiger partial charge in [0.1, 0.15) is 0 Å². The maximum Gasteiger partial charge on any atom is 0.416 e. The quantitative estimate of drug-likeness (QED) is 0.798. The second kappa shape index (κ2) is 6.97. The lowest BCUT2D eigenvalue weighted by molar-refractivity contribution is -0.138. The molecule has 104 valence electrons. The molecule has 5 heteroatoms. The second-order valence-electron chi connectivity index (χ2n) is 4.04. The second-order valence-corrected chi connectivity index (χ2v) is 4.95. The zero-order chi connectivity index (χ0) is 14.5. The van der Waals surface area contributed by atoms with E-state index in [1.165, 1.54) is 6.07 Å². The van der Waals surface area contributed by atoms with Crippen molar-refractivity contribution in [1.29, 1.82) is 0 Å². The van der Waals surface area contributed by atoms with Crippen molar-refractivity contribution in [2.24, 2.45) is 0 Å². The molecule has 0 aliphatic heterocycles. The van der Waals surface area contributed by atoms with Gasteiger partial charge in [0.2, 0.25) is 0 Å². The molecule has 1 aromatic rings. The number of nitrogens with one attached hydrogen (secondary N) is 1. The first-order valence-electron chi connectivity index (χ1n) is 5.83. The summed E-state index contributed by atoms with van der Waals surface area (Å²) in [4.78, 5) is 0. The zero-order valence-electron chi connectivity index (χ0n) is 10.7. The molecule has 0 aromatic heterocycles. The van der Waals surface area contributed by atoms with Crippen LogP contribution in [0.1, 0.15) is 36.9 Å². The Kier molecular flexibility index (Phi) is 5.89. The number of hydrogen-bond acceptors (Lipinski definition) is 1. The molecule has 1 aromatic carbocycles. The Balaban J connectivity index is 3.11. The molecule has 0 bridgehead atoms. The minimum atomic E-state index is -4.36. The first kappa shape index (κ1) is 16.1. The van der Waals surface area contributed by atoms with Gasteiger partial charge in [0.15, 0.2) is 0 Å². The molecule has 1 unspecified atom stereocenters. The highest BCUT2D eigenvalue weighted by atomic mass is 79.9. The van der Waals surface area contributed by atoms with Gasteiger partial charge in [-0.15, -0.1) is 11.8 Å². The molecular weight excluding hydrogens is 319 g/mol. The summed E-state index contributed by atoms with van der Waals surface area (Å²) in [5.41, 5.74) is -0.346. The molecule has 0 aliphatic carbocycles. The average Bonchev–Trinajstić information content (AvgIpc) is 2.34. The number of halogens is 4. The number of alkyl halides is 3. The summed E-state index contributed by atoms with van der Waals surface area (Å²) in [7, 11) is 1.66. The number of rotatable bonds is 4. The fourth-order valence-corrected chi connectivity index (χ4v) is 2.24. The van der Waals surface area contributed by atoms with E-state index in [2.05, 4.69) is 33.1 Å². The average molecular weight is 334 g/mol. The highest BCUT2D eigenvalue weighted by Crippen LogP contribution is 2.37. The van der Waals surface area contributed by atoms with Crippen molar-refractivity contribution in [2.45, 2.75) is 32.0 Å². The molecule has 0 amide bonds. The fourth-order valence-electron chi connectivity index (χ4n) is 1.87. The molecular formula is C14H15BrF3N. The third-order valence-corrected chi connectivity index (χ3v) is 3.27. The van der Waals surface area contributed by atoms with Gasteiger partial charge in [-0.3, -0.25) is 0 Å². The summed E-state index contributed by atoms with van der Waals surface area (Å²) < 4.78 is 39.5. The normalized spacial score (nSPS) is 12.7. The van der Waals surface area contributed by atoms with Crippen LogP contribution in [0.4, 0.5) is 13.2 Å². The Morgan fingerprint density at radius 1 is 1.37 bits per heavy atom. The zero-order valence-corrected chi connectivity index (χ0v) is 12.3. The number of hydrogen-bond donors (Lipinski definition) is 1. The largest absolute Gasteiger partial charge is 0.416 e. The SMILES string of the molecule is CC#CCCC(NC)c1ccc(Br)cc1C(F)(F)F. The van der Waals surface area contributed by atoms with Crippen molar-refractivity contribution >= 4 is 15.9 Å². The standard InChI is InChI=1S/C14H15BrF3N/c1-3-4-5-6-13(19-2)11-8-7-10(15)9-12(11)14(16,17)18/h7-9,13,19H,5-6H2,1-2H3. The Bertz CT molecular complexity index is 486. The third kappa shape index (κ3) is 4.55. The first-order chi connectivity index (χ1) is 8.90. The van der Waals surface area contributed by atoms with E-state index in [9.17, 15) is 13.2 Å². The Hall–Kier alpha value is -0.990. The van der Waals surface area contributed by atoms with Gasteiger partial charge in [0.05, 0.1) is 5.56 Å². The van der Waals surface area contributed by atoms with Crippen LogP contribution in [0.25, 0.3) is 0 Å². The molecule has 19 heavy (non-hydrogen) atoms. The van der Waals surface area contributed by atoms with E-state index in [0.29, 0.717) is 17.3 Å². The molecule has 1 rings (SSSR count). The predicted octanol–water partition coefficient (Wildman–Crippen LogP) is 4.53. The van der Waals surface area contributed by atoms with E-state index in [1.807, 2.05) is 0 Å². The molecule has 0 spiro atoms. The van der Waals surface area contributed by atoms with Crippen LogP contribution in [0.15, 0.2) is 22.7 Å². The lowest BCUT2D eigenvalue weighted by Gasteiger charge is -2.21. The van der Waals surface area contributed by atoms with Crippen LogP contribution in [0.2, 0.25) is 0 Å². The van der Waals surface area contributed by atoms with Crippen LogP contribution >= 0.6 is 15.9 Å². The van der Waals surface area contributed by atoms with E-state index >= 15 is 0 Å².